The first kappa shape index (κ1) is 14.0. The van der Waals surface area contributed by atoms with Crippen LogP contribution < -0.4 is 10.3 Å². The van der Waals surface area contributed by atoms with Crippen molar-refractivity contribution in [3.8, 4) is 17.1 Å². The molecule has 1 aromatic heterocycles. The third kappa shape index (κ3) is 2.31. The number of hydrogen-bond donors (Lipinski definition) is 1. The molecular formula is C19H18N2O2. The van der Waals surface area contributed by atoms with Crippen LogP contribution in [0.2, 0.25) is 0 Å². The van der Waals surface area contributed by atoms with E-state index in [9.17, 15) is 4.79 Å². The molecule has 0 aliphatic carbocycles. The molecule has 23 heavy (non-hydrogen) atoms. The van der Waals surface area contributed by atoms with Crippen molar-refractivity contribution < 1.29 is 4.74 Å². The molecule has 4 nitrogen and oxygen atoms in total. The number of aryl methyl sites for hydroxylation is 1. The summed E-state index contributed by atoms with van der Waals surface area (Å²) in [5, 5.41) is 0.610. The summed E-state index contributed by atoms with van der Waals surface area (Å²) in [5.41, 5.74) is 3.57. The number of para-hydroxylation sites is 1. The molecule has 0 fully saturated rings. The molecule has 0 unspecified atom stereocenters. The Morgan fingerprint density at radius 3 is 2.83 bits per heavy atom. The van der Waals surface area contributed by atoms with E-state index in [4.69, 9.17) is 4.74 Å². The molecule has 1 aliphatic rings. The van der Waals surface area contributed by atoms with Crippen molar-refractivity contribution in [2.45, 2.75) is 32.8 Å². The maximum Gasteiger partial charge on any atom is 0.259 e. The first-order valence-corrected chi connectivity index (χ1v) is 7.75. The van der Waals surface area contributed by atoms with Gasteiger partial charge in [0.25, 0.3) is 5.56 Å². The summed E-state index contributed by atoms with van der Waals surface area (Å²) in [6.45, 7) is 6.20. The fourth-order valence-corrected chi connectivity index (χ4v) is 3.26. The highest BCUT2D eigenvalue weighted by atomic mass is 16.5. The van der Waals surface area contributed by atoms with Crippen LogP contribution in [0.15, 0.2) is 41.2 Å². The molecule has 0 radical (unpaired) electrons. The maximum atomic E-state index is 12.3. The molecule has 0 bridgehead atoms. The summed E-state index contributed by atoms with van der Waals surface area (Å²) in [7, 11) is 0. The molecular weight excluding hydrogens is 288 g/mol. The maximum absolute atomic E-state index is 12.3. The van der Waals surface area contributed by atoms with E-state index < -0.39 is 0 Å². The van der Waals surface area contributed by atoms with Crippen LogP contribution in [0.4, 0.5) is 0 Å². The molecule has 0 spiro atoms. The first-order chi connectivity index (χ1) is 10.9. The molecule has 0 atom stereocenters. The molecule has 3 aromatic rings. The molecule has 0 amide bonds. The van der Waals surface area contributed by atoms with E-state index in [0.29, 0.717) is 16.7 Å². The molecule has 2 aromatic carbocycles. The number of rotatable bonds is 1. The Morgan fingerprint density at radius 1 is 1.22 bits per heavy atom. The second-order valence-corrected chi connectivity index (χ2v) is 6.75. The molecule has 2 heterocycles. The van der Waals surface area contributed by atoms with Crippen molar-refractivity contribution in [1.29, 1.82) is 0 Å². The van der Waals surface area contributed by atoms with Crippen LogP contribution in [-0.4, -0.2) is 15.6 Å². The minimum Gasteiger partial charge on any atom is -0.487 e. The number of aromatic amines is 1. The van der Waals surface area contributed by atoms with Gasteiger partial charge in [0.1, 0.15) is 17.2 Å². The van der Waals surface area contributed by atoms with Crippen LogP contribution in [0.25, 0.3) is 22.3 Å². The Balaban J connectivity index is 1.90. The number of H-pyrrole nitrogens is 1. The predicted molar refractivity (Wildman–Crippen MR) is 90.9 cm³/mol. The zero-order valence-corrected chi connectivity index (χ0v) is 13.4. The van der Waals surface area contributed by atoms with Gasteiger partial charge in [-0.1, -0.05) is 12.1 Å². The van der Waals surface area contributed by atoms with E-state index in [1.54, 1.807) is 6.07 Å². The van der Waals surface area contributed by atoms with Crippen molar-refractivity contribution in [3.63, 3.8) is 0 Å². The fraction of sp³-hybridized carbons (Fsp3) is 0.263. The number of benzene rings is 2. The largest absolute Gasteiger partial charge is 0.487 e. The number of aromatic nitrogens is 2. The van der Waals surface area contributed by atoms with Crippen molar-refractivity contribution >= 4 is 10.9 Å². The van der Waals surface area contributed by atoms with Crippen molar-refractivity contribution in [2.75, 3.05) is 0 Å². The SMILES string of the molecule is Cc1cc(-c2nc3ccccc3c(=O)[nH]2)cc2c1OC(C)(C)C2. The van der Waals surface area contributed by atoms with Crippen molar-refractivity contribution in [1.82, 2.24) is 9.97 Å². The third-order valence-electron chi connectivity index (χ3n) is 4.23. The van der Waals surface area contributed by atoms with Gasteiger partial charge in [0.15, 0.2) is 0 Å². The van der Waals surface area contributed by atoms with Crippen LogP contribution in [0, 0.1) is 6.92 Å². The minimum atomic E-state index is -0.185. The van der Waals surface area contributed by atoms with Gasteiger partial charge in [0.2, 0.25) is 0 Å². The summed E-state index contributed by atoms with van der Waals surface area (Å²) >= 11 is 0. The highest BCUT2D eigenvalue weighted by Crippen LogP contribution is 2.39. The van der Waals surface area contributed by atoms with Gasteiger partial charge < -0.3 is 9.72 Å². The van der Waals surface area contributed by atoms with Crippen LogP contribution in [-0.2, 0) is 6.42 Å². The zero-order chi connectivity index (χ0) is 16.2. The number of nitrogens with one attached hydrogen (secondary N) is 1. The van der Waals surface area contributed by atoms with E-state index in [1.165, 1.54) is 5.56 Å². The zero-order valence-electron chi connectivity index (χ0n) is 13.4. The van der Waals surface area contributed by atoms with Gasteiger partial charge >= 0.3 is 0 Å². The van der Waals surface area contributed by atoms with Gasteiger partial charge in [-0.3, -0.25) is 4.79 Å². The standard InChI is InChI=1S/C19H18N2O2/c1-11-8-12(9-13-10-19(2,3)23-16(11)13)17-20-15-7-5-4-6-14(15)18(22)21-17/h4-9H,10H2,1-3H3,(H,20,21,22). The fourth-order valence-electron chi connectivity index (χ4n) is 3.26. The summed E-state index contributed by atoms with van der Waals surface area (Å²) in [6, 6.07) is 11.5. The quantitative estimate of drug-likeness (QED) is 0.747. The average Bonchev–Trinajstić information content (AvgIpc) is 2.82. The van der Waals surface area contributed by atoms with Crippen molar-refractivity contribution in [2.24, 2.45) is 0 Å². The third-order valence-corrected chi connectivity index (χ3v) is 4.23. The number of fused-ring (bicyclic) bond motifs is 2. The monoisotopic (exact) mass is 306 g/mol. The van der Waals surface area contributed by atoms with Gasteiger partial charge in [0, 0.05) is 12.0 Å². The Labute approximate surface area is 134 Å². The topological polar surface area (TPSA) is 55.0 Å². The second kappa shape index (κ2) is 4.69. The Bertz CT molecular complexity index is 986. The lowest BCUT2D eigenvalue weighted by molar-refractivity contribution is 0.137. The lowest BCUT2D eigenvalue weighted by Crippen LogP contribution is -2.24. The summed E-state index contributed by atoms with van der Waals surface area (Å²) in [5.74, 6) is 1.56. The molecule has 1 aliphatic heterocycles. The highest BCUT2D eigenvalue weighted by Gasteiger charge is 2.31. The average molecular weight is 306 g/mol. The van der Waals surface area contributed by atoms with Gasteiger partial charge in [-0.25, -0.2) is 4.98 Å². The van der Waals surface area contributed by atoms with E-state index in [-0.39, 0.29) is 11.2 Å². The second-order valence-electron chi connectivity index (χ2n) is 6.75. The van der Waals surface area contributed by atoms with E-state index in [0.717, 1.165) is 23.3 Å². The summed E-state index contributed by atoms with van der Waals surface area (Å²) in [4.78, 5) is 19.8. The number of nitrogens with zero attached hydrogens (tertiary/aromatic N) is 1. The number of ether oxygens (including phenoxy) is 1. The van der Waals surface area contributed by atoms with Gasteiger partial charge in [-0.05, 0) is 56.2 Å². The smallest absolute Gasteiger partial charge is 0.259 e. The first-order valence-electron chi connectivity index (χ1n) is 7.75. The van der Waals surface area contributed by atoms with Crippen LogP contribution >= 0.6 is 0 Å². The van der Waals surface area contributed by atoms with Crippen LogP contribution in [0.1, 0.15) is 25.0 Å². The molecule has 0 saturated heterocycles. The van der Waals surface area contributed by atoms with Gasteiger partial charge in [-0.2, -0.15) is 0 Å². The molecule has 0 saturated carbocycles. The Kier molecular flexibility index (Phi) is 2.85. The highest BCUT2D eigenvalue weighted by molar-refractivity contribution is 5.79. The van der Waals surface area contributed by atoms with Crippen molar-refractivity contribution in [3.05, 3.63) is 57.9 Å². The van der Waals surface area contributed by atoms with E-state index >= 15 is 0 Å². The van der Waals surface area contributed by atoms with Gasteiger partial charge in [0.05, 0.1) is 10.9 Å². The molecule has 4 rings (SSSR count). The minimum absolute atomic E-state index is 0.111. The van der Waals surface area contributed by atoms with E-state index in [1.807, 2.05) is 31.2 Å². The Morgan fingerprint density at radius 2 is 2.00 bits per heavy atom. The van der Waals surface area contributed by atoms with E-state index in [2.05, 4.69) is 29.9 Å². The normalized spacial score (nSPS) is 15.4. The molecule has 1 N–H and O–H groups in total. The predicted octanol–water partition coefficient (Wildman–Crippen LogP) is 3.61. The molecule has 4 heteroatoms. The van der Waals surface area contributed by atoms with Crippen LogP contribution in [0.3, 0.4) is 0 Å². The lowest BCUT2D eigenvalue weighted by Gasteiger charge is -2.17. The molecule has 116 valence electrons. The lowest BCUT2D eigenvalue weighted by atomic mass is 9.98. The van der Waals surface area contributed by atoms with Crippen LogP contribution in [0.5, 0.6) is 5.75 Å². The Hall–Kier alpha value is -2.62. The summed E-state index contributed by atoms with van der Waals surface area (Å²) < 4.78 is 6.02. The summed E-state index contributed by atoms with van der Waals surface area (Å²) in [6.07, 6.45) is 0.856. The van der Waals surface area contributed by atoms with Gasteiger partial charge in [-0.15, -0.1) is 0 Å². The number of hydrogen-bond acceptors (Lipinski definition) is 3.